The van der Waals surface area contributed by atoms with Gasteiger partial charge in [0.25, 0.3) is 0 Å². The molecule has 0 aliphatic heterocycles. The number of nitrogens with zero attached hydrogens (tertiary/aromatic N) is 2. The average Bonchev–Trinajstić information content (AvgIpc) is 2.25. The van der Waals surface area contributed by atoms with E-state index in [1.54, 1.807) is 0 Å². The standard InChI is InChI=1S/C8H14N3O6P.2H2O/c9-7-1-2-11(8(13)10-7)3-6(4-12)17-5-18(14,15)16;;/h1-2,6,12H,3-5H2,(H2,9,10,13)(H2,14,15,16);2*1H2/t6-;;/m1../s1. The Kier molecular flexibility index (Phi) is 9.19. The molecule has 11 nitrogen and oxygen atoms in total. The molecule has 0 spiro atoms. The van der Waals surface area contributed by atoms with Crippen LogP contribution in [-0.2, 0) is 15.8 Å². The van der Waals surface area contributed by atoms with Crippen LogP contribution >= 0.6 is 7.60 Å². The van der Waals surface area contributed by atoms with Crippen LogP contribution in [0.2, 0.25) is 0 Å². The summed E-state index contributed by atoms with van der Waals surface area (Å²) >= 11 is 0. The Morgan fingerprint density at radius 3 is 2.50 bits per heavy atom. The smallest absolute Gasteiger partial charge is 0.350 e. The first-order valence-corrected chi connectivity index (χ1v) is 6.71. The Morgan fingerprint density at radius 1 is 1.45 bits per heavy atom. The summed E-state index contributed by atoms with van der Waals surface area (Å²) in [6.45, 7) is -0.570. The fourth-order valence-corrected chi connectivity index (χ4v) is 1.57. The lowest BCUT2D eigenvalue weighted by Crippen LogP contribution is -2.32. The van der Waals surface area contributed by atoms with Gasteiger partial charge in [0.15, 0.2) is 0 Å². The van der Waals surface area contributed by atoms with E-state index in [0.29, 0.717) is 0 Å². The maximum absolute atomic E-state index is 11.4. The Balaban J connectivity index is 0. The maximum Gasteiger partial charge on any atom is 0.350 e. The van der Waals surface area contributed by atoms with E-state index in [2.05, 4.69) is 4.98 Å². The third kappa shape index (κ3) is 7.31. The number of aromatic nitrogens is 2. The molecule has 12 heteroatoms. The number of anilines is 1. The molecular weight excluding hydrogens is 297 g/mol. The zero-order valence-corrected chi connectivity index (χ0v) is 11.2. The van der Waals surface area contributed by atoms with Crippen molar-refractivity contribution in [3.8, 4) is 0 Å². The van der Waals surface area contributed by atoms with E-state index in [9.17, 15) is 9.36 Å². The van der Waals surface area contributed by atoms with Crippen molar-refractivity contribution in [2.45, 2.75) is 12.6 Å². The van der Waals surface area contributed by atoms with Crippen LogP contribution in [0.1, 0.15) is 0 Å². The normalized spacial score (nSPS) is 12.2. The van der Waals surface area contributed by atoms with Crippen molar-refractivity contribution in [2.75, 3.05) is 18.7 Å². The number of rotatable bonds is 6. The van der Waals surface area contributed by atoms with Gasteiger partial charge >= 0.3 is 13.3 Å². The second-order valence-corrected chi connectivity index (χ2v) is 5.14. The molecular formula is C8H18N3O8P. The van der Waals surface area contributed by atoms with Gasteiger partial charge in [0.1, 0.15) is 12.2 Å². The van der Waals surface area contributed by atoms with E-state index < -0.39 is 32.3 Å². The highest BCUT2D eigenvalue weighted by molar-refractivity contribution is 7.51. The fraction of sp³-hybridized carbons (Fsp3) is 0.500. The van der Waals surface area contributed by atoms with E-state index in [1.807, 2.05) is 0 Å². The molecule has 0 aliphatic carbocycles. The predicted octanol–water partition coefficient (Wildman–Crippen LogP) is -3.31. The molecule has 20 heavy (non-hydrogen) atoms. The number of nitrogens with two attached hydrogens (primary N) is 1. The molecule has 1 rings (SSSR count). The number of ether oxygens (including phenoxy) is 1. The summed E-state index contributed by atoms with van der Waals surface area (Å²) in [7, 11) is -4.31. The van der Waals surface area contributed by atoms with Gasteiger partial charge in [-0.15, -0.1) is 0 Å². The van der Waals surface area contributed by atoms with Crippen molar-refractivity contribution >= 4 is 13.4 Å². The van der Waals surface area contributed by atoms with Gasteiger partial charge in [-0.25, -0.2) is 4.79 Å². The number of hydrogen-bond donors (Lipinski definition) is 4. The van der Waals surface area contributed by atoms with E-state index in [0.717, 1.165) is 4.57 Å². The first kappa shape index (κ1) is 21.0. The summed E-state index contributed by atoms with van der Waals surface area (Å²) in [5, 5.41) is 8.99. The molecule has 0 radical (unpaired) electrons. The van der Waals surface area contributed by atoms with E-state index >= 15 is 0 Å². The lowest BCUT2D eigenvalue weighted by atomic mass is 10.3. The molecule has 0 saturated carbocycles. The number of nitrogen functional groups attached to an aromatic ring is 1. The van der Waals surface area contributed by atoms with Crippen LogP contribution < -0.4 is 11.4 Å². The summed E-state index contributed by atoms with van der Waals surface area (Å²) < 4.78 is 16.5. The Bertz CT molecular complexity index is 501. The van der Waals surface area contributed by atoms with Crippen molar-refractivity contribution in [3.63, 3.8) is 0 Å². The van der Waals surface area contributed by atoms with Gasteiger partial charge in [-0.05, 0) is 6.07 Å². The average molecular weight is 315 g/mol. The Labute approximate surface area is 113 Å². The van der Waals surface area contributed by atoms with E-state index in [1.165, 1.54) is 12.3 Å². The van der Waals surface area contributed by atoms with Gasteiger partial charge in [0.2, 0.25) is 0 Å². The molecule has 0 saturated heterocycles. The van der Waals surface area contributed by atoms with Gasteiger partial charge in [0, 0.05) is 6.20 Å². The monoisotopic (exact) mass is 315 g/mol. The quantitative estimate of drug-likeness (QED) is 0.389. The summed E-state index contributed by atoms with van der Waals surface area (Å²) in [4.78, 5) is 32.1. The summed E-state index contributed by atoms with van der Waals surface area (Å²) in [6.07, 6.45) is -0.385. The topological polar surface area (TPSA) is 211 Å². The molecule has 0 bridgehead atoms. The molecule has 1 aromatic rings. The van der Waals surface area contributed by atoms with Crippen LogP contribution in [0.5, 0.6) is 0 Å². The minimum atomic E-state index is -4.31. The molecule has 1 heterocycles. The van der Waals surface area contributed by atoms with Crippen molar-refractivity contribution in [2.24, 2.45) is 0 Å². The first-order valence-electron chi connectivity index (χ1n) is 4.92. The second kappa shape index (κ2) is 8.76. The molecule has 0 unspecified atom stereocenters. The molecule has 9 N–H and O–H groups in total. The highest BCUT2D eigenvalue weighted by atomic mass is 31.2. The molecule has 0 amide bonds. The maximum atomic E-state index is 11.4. The van der Waals surface area contributed by atoms with E-state index in [-0.39, 0.29) is 23.3 Å². The van der Waals surface area contributed by atoms with Crippen LogP contribution in [0.4, 0.5) is 5.82 Å². The van der Waals surface area contributed by atoms with Crippen LogP contribution in [0.15, 0.2) is 17.1 Å². The molecule has 1 aromatic heterocycles. The zero-order valence-electron chi connectivity index (χ0n) is 10.3. The summed E-state index contributed by atoms with van der Waals surface area (Å²) in [6, 6.07) is 1.39. The Morgan fingerprint density at radius 2 is 2.05 bits per heavy atom. The van der Waals surface area contributed by atoms with Gasteiger partial charge in [-0.1, -0.05) is 0 Å². The predicted molar refractivity (Wildman–Crippen MR) is 69.0 cm³/mol. The van der Waals surface area contributed by atoms with E-state index in [4.69, 9.17) is 25.4 Å². The van der Waals surface area contributed by atoms with Gasteiger partial charge in [-0.2, -0.15) is 4.98 Å². The fourth-order valence-electron chi connectivity index (χ4n) is 1.17. The summed E-state index contributed by atoms with van der Waals surface area (Å²) in [5.74, 6) is 0.0629. The third-order valence-electron chi connectivity index (χ3n) is 1.98. The molecule has 0 aromatic carbocycles. The first-order chi connectivity index (χ1) is 8.31. The third-order valence-corrected chi connectivity index (χ3v) is 2.46. The molecule has 1 atom stereocenters. The lowest BCUT2D eigenvalue weighted by Gasteiger charge is -2.16. The van der Waals surface area contributed by atoms with Crippen molar-refractivity contribution in [1.82, 2.24) is 9.55 Å². The molecule has 0 fully saturated rings. The highest BCUT2D eigenvalue weighted by Crippen LogP contribution is 2.34. The number of aliphatic hydroxyl groups excluding tert-OH is 1. The van der Waals surface area contributed by atoms with Gasteiger partial charge in [0.05, 0.1) is 19.3 Å². The minimum Gasteiger partial charge on any atom is -0.412 e. The zero-order chi connectivity index (χ0) is 13.8. The van der Waals surface area contributed by atoms with Gasteiger partial charge in [-0.3, -0.25) is 9.13 Å². The SMILES string of the molecule is Nc1ccn(C[C@H](CO)OCP(=O)(O)O)c(=O)n1.O.O. The van der Waals surface area contributed by atoms with Gasteiger partial charge < -0.3 is 36.3 Å². The molecule has 118 valence electrons. The minimum absolute atomic E-state index is 0. The van der Waals surface area contributed by atoms with Crippen molar-refractivity contribution in [1.29, 1.82) is 0 Å². The highest BCUT2D eigenvalue weighted by Gasteiger charge is 2.18. The van der Waals surface area contributed by atoms with Crippen LogP contribution in [-0.4, -0.2) is 54.5 Å². The van der Waals surface area contributed by atoms with Crippen molar-refractivity contribution in [3.05, 3.63) is 22.7 Å². The number of aliphatic hydroxyl groups is 1. The van der Waals surface area contributed by atoms with Crippen molar-refractivity contribution < 1.29 is 35.1 Å². The molecule has 0 aliphatic rings. The van der Waals surface area contributed by atoms with Crippen LogP contribution in [0, 0.1) is 0 Å². The van der Waals surface area contributed by atoms with Crippen LogP contribution in [0.3, 0.4) is 0 Å². The largest absolute Gasteiger partial charge is 0.412 e. The second-order valence-electron chi connectivity index (χ2n) is 3.55. The Hall–Kier alpha value is -1.33. The lowest BCUT2D eigenvalue weighted by molar-refractivity contribution is 0.0188. The summed E-state index contributed by atoms with van der Waals surface area (Å²) in [5.41, 5.74) is 4.67. The van der Waals surface area contributed by atoms with Crippen LogP contribution in [0.25, 0.3) is 0 Å². The number of hydrogen-bond acceptors (Lipinski definition) is 6.